The molecular weight excluding hydrogens is 466 g/mol. The van der Waals surface area contributed by atoms with Crippen LogP contribution in [0.3, 0.4) is 0 Å². The Morgan fingerprint density at radius 3 is 2.46 bits per heavy atom. The molecule has 2 heterocycles. The zero-order valence-electron chi connectivity index (χ0n) is 21.4. The van der Waals surface area contributed by atoms with E-state index in [-0.39, 0.29) is 5.56 Å². The molecule has 0 saturated heterocycles. The van der Waals surface area contributed by atoms with Crippen molar-refractivity contribution in [3.63, 3.8) is 0 Å². The maximum absolute atomic E-state index is 12.8. The van der Waals surface area contributed by atoms with Gasteiger partial charge in [0.2, 0.25) is 0 Å². The summed E-state index contributed by atoms with van der Waals surface area (Å²) >= 11 is 0. The van der Waals surface area contributed by atoms with E-state index in [1.165, 1.54) is 7.11 Å². The van der Waals surface area contributed by atoms with Gasteiger partial charge in [0.15, 0.2) is 0 Å². The number of hydrogen-bond donors (Lipinski definition) is 1. The van der Waals surface area contributed by atoms with Crippen LogP contribution in [0.15, 0.2) is 71.5 Å². The molecule has 5 rings (SSSR count). The van der Waals surface area contributed by atoms with Crippen molar-refractivity contribution in [2.24, 2.45) is 7.05 Å². The molecule has 0 bridgehead atoms. The number of anilines is 2. The van der Waals surface area contributed by atoms with Crippen LogP contribution >= 0.6 is 0 Å². The van der Waals surface area contributed by atoms with Gasteiger partial charge in [-0.2, -0.15) is 5.10 Å². The van der Waals surface area contributed by atoms with E-state index in [9.17, 15) is 9.59 Å². The van der Waals surface area contributed by atoms with Crippen molar-refractivity contribution in [1.82, 2.24) is 19.3 Å². The van der Waals surface area contributed by atoms with Gasteiger partial charge in [-0.1, -0.05) is 36.4 Å². The highest BCUT2D eigenvalue weighted by Gasteiger charge is 2.22. The molecule has 0 amide bonds. The molecule has 186 valence electrons. The Labute approximate surface area is 214 Å². The van der Waals surface area contributed by atoms with Crippen LogP contribution in [-0.4, -0.2) is 32.4 Å². The summed E-state index contributed by atoms with van der Waals surface area (Å²) in [4.78, 5) is 29.9. The third kappa shape index (κ3) is 4.16. The predicted molar refractivity (Wildman–Crippen MR) is 145 cm³/mol. The van der Waals surface area contributed by atoms with Gasteiger partial charge in [0.05, 0.1) is 40.6 Å². The summed E-state index contributed by atoms with van der Waals surface area (Å²) < 4.78 is 8.40. The van der Waals surface area contributed by atoms with Gasteiger partial charge in [-0.3, -0.25) is 9.36 Å². The summed E-state index contributed by atoms with van der Waals surface area (Å²) in [5.74, 6) is 0.875. The highest BCUT2D eigenvalue weighted by atomic mass is 16.5. The first-order valence-corrected chi connectivity index (χ1v) is 11.9. The number of ether oxygens (including phenoxy) is 1. The Hall–Kier alpha value is -4.72. The predicted octanol–water partition coefficient (Wildman–Crippen LogP) is 5.24. The average molecular weight is 494 g/mol. The summed E-state index contributed by atoms with van der Waals surface area (Å²) in [6.07, 6.45) is 0. The Kier molecular flexibility index (Phi) is 6.09. The molecule has 0 unspecified atom stereocenters. The fourth-order valence-corrected chi connectivity index (χ4v) is 4.51. The Morgan fingerprint density at radius 1 is 0.973 bits per heavy atom. The molecule has 0 radical (unpaired) electrons. The lowest BCUT2D eigenvalue weighted by atomic mass is 10.0. The summed E-state index contributed by atoms with van der Waals surface area (Å²) in [6.45, 7) is 5.77. The third-order valence-electron chi connectivity index (χ3n) is 6.58. The Bertz CT molecular complexity index is 1730. The van der Waals surface area contributed by atoms with Crippen LogP contribution in [0.4, 0.5) is 11.5 Å². The van der Waals surface area contributed by atoms with E-state index < -0.39 is 5.97 Å². The molecular formula is C29H27N5O3. The van der Waals surface area contributed by atoms with E-state index in [0.29, 0.717) is 33.8 Å². The number of fused-ring (bicyclic) bond motifs is 1. The van der Waals surface area contributed by atoms with Gasteiger partial charge in [-0.25, -0.2) is 14.5 Å². The SMILES string of the molecule is COC(=O)c1ccccc1Nc1c(-c2ccc3c(=O)n(C)c(C)nc3c2)c(C)nn1-c1ccccc1C. The highest BCUT2D eigenvalue weighted by molar-refractivity contribution is 5.97. The zero-order chi connectivity index (χ0) is 26.3. The fourth-order valence-electron chi connectivity index (χ4n) is 4.51. The second-order valence-corrected chi connectivity index (χ2v) is 8.92. The van der Waals surface area contributed by atoms with E-state index in [2.05, 4.69) is 10.3 Å². The smallest absolute Gasteiger partial charge is 0.339 e. The quantitative estimate of drug-likeness (QED) is 0.337. The third-order valence-corrected chi connectivity index (χ3v) is 6.58. The van der Waals surface area contributed by atoms with Gasteiger partial charge in [-0.15, -0.1) is 0 Å². The molecule has 2 aromatic heterocycles. The molecule has 0 saturated carbocycles. The van der Waals surface area contributed by atoms with Crippen molar-refractivity contribution in [1.29, 1.82) is 0 Å². The minimum Gasteiger partial charge on any atom is -0.465 e. The molecule has 8 nitrogen and oxygen atoms in total. The first-order valence-electron chi connectivity index (χ1n) is 11.9. The number of esters is 1. The maximum atomic E-state index is 12.8. The number of aromatic nitrogens is 4. The summed E-state index contributed by atoms with van der Waals surface area (Å²) in [5, 5.41) is 8.90. The number of hydrogen-bond acceptors (Lipinski definition) is 6. The molecule has 37 heavy (non-hydrogen) atoms. The van der Waals surface area contributed by atoms with Gasteiger partial charge in [-0.05, 0) is 62.2 Å². The summed E-state index contributed by atoms with van der Waals surface area (Å²) in [6, 6.07) is 20.8. The van der Waals surface area contributed by atoms with Crippen molar-refractivity contribution in [3.05, 3.63) is 99.7 Å². The first-order chi connectivity index (χ1) is 17.8. The summed E-state index contributed by atoms with van der Waals surface area (Å²) in [7, 11) is 3.08. The van der Waals surface area contributed by atoms with E-state index >= 15 is 0 Å². The standard InChI is InChI=1S/C29H27N5O3/c1-17-10-6-9-13-25(17)34-27(31-23-12-8-7-11-22(23)29(36)37-5)26(18(2)32-34)20-14-15-21-24(16-20)30-19(3)33(4)28(21)35/h6-16,31H,1-5H3. The second kappa shape index (κ2) is 9.39. The van der Waals surface area contributed by atoms with Crippen LogP contribution in [0.1, 0.15) is 27.4 Å². The number of methoxy groups -OCH3 is 1. The minimum absolute atomic E-state index is 0.0910. The lowest BCUT2D eigenvalue weighted by Crippen LogP contribution is -2.20. The fraction of sp³-hybridized carbons (Fsp3) is 0.172. The van der Waals surface area contributed by atoms with Gasteiger partial charge < -0.3 is 10.1 Å². The largest absolute Gasteiger partial charge is 0.465 e. The van der Waals surface area contributed by atoms with Gasteiger partial charge in [0, 0.05) is 12.6 Å². The van der Waals surface area contributed by atoms with Crippen molar-refractivity contribution in [2.45, 2.75) is 20.8 Å². The molecule has 0 aliphatic heterocycles. The van der Waals surface area contributed by atoms with Crippen molar-refractivity contribution in [2.75, 3.05) is 12.4 Å². The number of para-hydroxylation sites is 2. The Balaban J connectivity index is 1.77. The van der Waals surface area contributed by atoms with Crippen LogP contribution in [0, 0.1) is 20.8 Å². The van der Waals surface area contributed by atoms with Crippen LogP contribution in [0.25, 0.3) is 27.7 Å². The Morgan fingerprint density at radius 2 is 1.70 bits per heavy atom. The van der Waals surface area contributed by atoms with Crippen LogP contribution < -0.4 is 10.9 Å². The van der Waals surface area contributed by atoms with E-state index in [4.69, 9.17) is 9.84 Å². The number of carbonyl (C=O) groups is 1. The summed E-state index contributed by atoms with van der Waals surface area (Å²) in [5.41, 5.74) is 5.93. The molecule has 1 N–H and O–H groups in total. The van der Waals surface area contributed by atoms with Gasteiger partial charge in [0.25, 0.3) is 5.56 Å². The molecule has 5 aromatic rings. The number of rotatable bonds is 5. The lowest BCUT2D eigenvalue weighted by Gasteiger charge is -2.16. The van der Waals surface area contributed by atoms with Crippen LogP contribution in [0.5, 0.6) is 0 Å². The average Bonchev–Trinajstić information content (AvgIpc) is 3.22. The van der Waals surface area contributed by atoms with Crippen molar-refractivity contribution < 1.29 is 9.53 Å². The molecule has 0 aliphatic rings. The van der Waals surface area contributed by atoms with Crippen LogP contribution in [0.2, 0.25) is 0 Å². The number of nitrogens with one attached hydrogen (secondary N) is 1. The monoisotopic (exact) mass is 493 g/mol. The topological polar surface area (TPSA) is 91.0 Å². The van der Waals surface area contributed by atoms with E-state index in [1.807, 2.05) is 74.0 Å². The first kappa shape index (κ1) is 24.0. The normalized spacial score (nSPS) is 11.1. The molecule has 0 spiro atoms. The number of nitrogens with zero attached hydrogens (tertiary/aromatic N) is 4. The molecule has 3 aromatic carbocycles. The minimum atomic E-state index is -0.440. The van der Waals surface area contributed by atoms with Gasteiger partial charge >= 0.3 is 5.97 Å². The van der Waals surface area contributed by atoms with Gasteiger partial charge in [0.1, 0.15) is 11.6 Å². The lowest BCUT2D eigenvalue weighted by molar-refractivity contribution is 0.0602. The van der Waals surface area contributed by atoms with E-state index in [0.717, 1.165) is 28.1 Å². The van der Waals surface area contributed by atoms with Crippen molar-refractivity contribution in [3.8, 4) is 16.8 Å². The molecule has 8 heteroatoms. The molecule has 0 fully saturated rings. The number of aryl methyl sites for hydroxylation is 3. The van der Waals surface area contributed by atoms with Crippen molar-refractivity contribution >= 4 is 28.4 Å². The highest BCUT2D eigenvalue weighted by Crippen LogP contribution is 2.37. The zero-order valence-corrected chi connectivity index (χ0v) is 21.4. The maximum Gasteiger partial charge on any atom is 0.339 e. The molecule has 0 atom stereocenters. The molecule has 0 aliphatic carbocycles. The second-order valence-electron chi connectivity index (χ2n) is 8.92. The van der Waals surface area contributed by atoms with E-state index in [1.54, 1.807) is 29.8 Å². The number of benzene rings is 3. The van der Waals surface area contributed by atoms with Crippen LogP contribution in [-0.2, 0) is 11.8 Å². The number of carbonyl (C=O) groups excluding carboxylic acids is 1.